The van der Waals surface area contributed by atoms with Crippen molar-refractivity contribution in [1.29, 1.82) is 0 Å². The van der Waals surface area contributed by atoms with Crippen molar-refractivity contribution in [3.05, 3.63) is 64.2 Å². The van der Waals surface area contributed by atoms with Gasteiger partial charge in [0.25, 0.3) is 5.56 Å². The Morgan fingerprint density at radius 1 is 1.26 bits per heavy atom. The van der Waals surface area contributed by atoms with Crippen LogP contribution < -0.4 is 5.56 Å². The number of thiophene rings is 1. The number of aryl methyl sites for hydroxylation is 1. The van der Waals surface area contributed by atoms with Crippen LogP contribution >= 0.6 is 11.3 Å². The zero-order valence-corrected chi connectivity index (χ0v) is 13.5. The Labute approximate surface area is 136 Å². The monoisotopic (exact) mass is 324 g/mol. The number of hydrogen-bond donors (Lipinski definition) is 1. The Morgan fingerprint density at radius 2 is 2.09 bits per heavy atom. The van der Waals surface area contributed by atoms with E-state index in [9.17, 15) is 4.79 Å². The highest BCUT2D eigenvalue weighted by molar-refractivity contribution is 7.14. The van der Waals surface area contributed by atoms with Gasteiger partial charge in [-0.05, 0) is 30.0 Å². The number of hydrogen-bond acceptors (Lipinski definition) is 3. The van der Waals surface area contributed by atoms with E-state index >= 15 is 0 Å². The summed E-state index contributed by atoms with van der Waals surface area (Å²) in [6, 6.07) is 9.62. The molecule has 0 aliphatic heterocycles. The molecule has 0 fully saturated rings. The molecule has 0 saturated heterocycles. The lowest BCUT2D eigenvalue weighted by Gasteiger charge is -2.02. The lowest BCUT2D eigenvalue weighted by atomic mass is 10.2. The quantitative estimate of drug-likeness (QED) is 0.625. The van der Waals surface area contributed by atoms with Crippen molar-refractivity contribution in [3.63, 3.8) is 0 Å². The van der Waals surface area contributed by atoms with Crippen LogP contribution in [0.4, 0.5) is 0 Å². The molecule has 4 heterocycles. The summed E-state index contributed by atoms with van der Waals surface area (Å²) >= 11 is 1.64. The molecule has 1 N–H and O–H groups in total. The van der Waals surface area contributed by atoms with Crippen LogP contribution in [0.1, 0.15) is 19.0 Å². The molecular formula is C17H16N4OS. The molecule has 0 saturated carbocycles. The minimum atomic E-state index is -0.0660. The fraction of sp³-hybridized carbons (Fsp3) is 0.176. The highest BCUT2D eigenvalue weighted by Crippen LogP contribution is 2.31. The van der Waals surface area contributed by atoms with Crippen molar-refractivity contribution in [2.45, 2.75) is 19.8 Å². The van der Waals surface area contributed by atoms with E-state index in [2.05, 4.69) is 33.0 Å². The first-order chi connectivity index (χ1) is 11.3. The van der Waals surface area contributed by atoms with Crippen LogP contribution in [0.2, 0.25) is 0 Å². The molecule has 5 nitrogen and oxygen atoms in total. The second-order valence-corrected chi connectivity index (χ2v) is 6.34. The van der Waals surface area contributed by atoms with Gasteiger partial charge in [0, 0.05) is 30.2 Å². The van der Waals surface area contributed by atoms with Gasteiger partial charge in [-0.3, -0.25) is 9.89 Å². The number of nitrogens with one attached hydrogen (secondary N) is 1. The zero-order valence-electron chi connectivity index (χ0n) is 12.7. The Balaban J connectivity index is 1.86. The smallest absolute Gasteiger partial charge is 0.272 e. The largest absolute Gasteiger partial charge is 0.322 e. The normalized spacial score (nSPS) is 11.3. The van der Waals surface area contributed by atoms with E-state index in [1.165, 1.54) is 4.52 Å². The topological polar surface area (TPSA) is 55.1 Å². The first kappa shape index (κ1) is 14.0. The van der Waals surface area contributed by atoms with Gasteiger partial charge in [0.15, 0.2) is 5.65 Å². The highest BCUT2D eigenvalue weighted by atomic mass is 32.1. The molecular weight excluding hydrogens is 308 g/mol. The van der Waals surface area contributed by atoms with Crippen molar-refractivity contribution < 1.29 is 0 Å². The van der Waals surface area contributed by atoms with E-state index in [1.807, 2.05) is 30.6 Å². The maximum atomic E-state index is 12.3. The lowest BCUT2D eigenvalue weighted by molar-refractivity contribution is 0.841. The van der Waals surface area contributed by atoms with Gasteiger partial charge in [0.2, 0.25) is 0 Å². The summed E-state index contributed by atoms with van der Waals surface area (Å²) in [4.78, 5) is 17.9. The first-order valence-corrected chi connectivity index (χ1v) is 8.47. The summed E-state index contributed by atoms with van der Waals surface area (Å²) in [6.07, 6.45) is 5.82. The van der Waals surface area contributed by atoms with Crippen LogP contribution in [0.3, 0.4) is 0 Å². The standard InChI is InChI=1S/C17H16N4OS/c1-2-5-12-10-16(22)21-15(18-12)11-13(19-21)17-14(6-9-23-17)20-7-3-4-8-20/h3-4,6-11,19H,2,5H2,1H3. The molecule has 0 unspecified atom stereocenters. The Kier molecular flexibility index (Phi) is 3.38. The summed E-state index contributed by atoms with van der Waals surface area (Å²) in [5, 5.41) is 5.23. The zero-order chi connectivity index (χ0) is 15.8. The molecule has 6 heteroatoms. The molecule has 4 aromatic rings. The van der Waals surface area contributed by atoms with Crippen molar-refractivity contribution in [2.75, 3.05) is 0 Å². The minimum absolute atomic E-state index is 0.0660. The molecule has 4 aromatic heterocycles. The van der Waals surface area contributed by atoms with Crippen molar-refractivity contribution in [1.82, 2.24) is 19.2 Å². The second-order valence-electron chi connectivity index (χ2n) is 5.42. The molecule has 0 aromatic carbocycles. The fourth-order valence-corrected chi connectivity index (χ4v) is 3.60. The third kappa shape index (κ3) is 2.41. The highest BCUT2D eigenvalue weighted by Gasteiger charge is 2.13. The first-order valence-electron chi connectivity index (χ1n) is 7.59. The molecule has 0 radical (unpaired) electrons. The average Bonchev–Trinajstić information content (AvgIpc) is 3.26. The van der Waals surface area contributed by atoms with Crippen LogP contribution in [-0.2, 0) is 6.42 Å². The Morgan fingerprint density at radius 3 is 2.87 bits per heavy atom. The molecule has 23 heavy (non-hydrogen) atoms. The maximum Gasteiger partial charge on any atom is 0.272 e. The van der Waals surface area contributed by atoms with E-state index < -0.39 is 0 Å². The van der Waals surface area contributed by atoms with E-state index in [0.717, 1.165) is 34.8 Å². The van der Waals surface area contributed by atoms with Crippen molar-refractivity contribution >= 4 is 17.0 Å². The van der Waals surface area contributed by atoms with Crippen LogP contribution in [0.25, 0.3) is 21.9 Å². The van der Waals surface area contributed by atoms with Gasteiger partial charge >= 0.3 is 0 Å². The predicted octanol–water partition coefficient (Wildman–Crippen LogP) is 3.49. The van der Waals surface area contributed by atoms with Crippen molar-refractivity contribution in [3.8, 4) is 16.3 Å². The molecule has 4 rings (SSSR count). The number of aromatic amines is 1. The van der Waals surface area contributed by atoms with Gasteiger partial charge in [0.1, 0.15) is 0 Å². The lowest BCUT2D eigenvalue weighted by Crippen LogP contribution is -2.15. The van der Waals surface area contributed by atoms with Crippen LogP contribution in [0.15, 0.2) is 52.9 Å². The molecule has 116 valence electrons. The van der Waals surface area contributed by atoms with Crippen molar-refractivity contribution in [2.24, 2.45) is 0 Å². The number of rotatable bonds is 4. The van der Waals surface area contributed by atoms with Crippen LogP contribution in [0.5, 0.6) is 0 Å². The molecule has 0 spiro atoms. The van der Waals surface area contributed by atoms with E-state index in [1.54, 1.807) is 17.4 Å². The van der Waals surface area contributed by atoms with Gasteiger partial charge in [-0.2, -0.15) is 0 Å². The summed E-state index contributed by atoms with van der Waals surface area (Å²) in [6.45, 7) is 2.08. The Hall–Kier alpha value is -2.60. The Bertz CT molecular complexity index is 1010. The van der Waals surface area contributed by atoms with Gasteiger partial charge in [-0.1, -0.05) is 13.3 Å². The molecule has 0 atom stereocenters. The van der Waals surface area contributed by atoms with Crippen LogP contribution in [0, 0.1) is 0 Å². The van der Waals surface area contributed by atoms with E-state index in [-0.39, 0.29) is 5.56 Å². The fourth-order valence-electron chi connectivity index (χ4n) is 2.74. The van der Waals surface area contributed by atoms with E-state index in [0.29, 0.717) is 5.65 Å². The summed E-state index contributed by atoms with van der Waals surface area (Å²) < 4.78 is 3.57. The summed E-state index contributed by atoms with van der Waals surface area (Å²) in [7, 11) is 0. The van der Waals surface area contributed by atoms with Gasteiger partial charge < -0.3 is 4.57 Å². The summed E-state index contributed by atoms with van der Waals surface area (Å²) in [5.41, 5.74) is 3.45. The number of fused-ring (bicyclic) bond motifs is 1. The third-order valence-corrected chi connectivity index (χ3v) is 4.72. The van der Waals surface area contributed by atoms with Gasteiger partial charge in [-0.25, -0.2) is 9.50 Å². The number of aromatic nitrogens is 4. The van der Waals surface area contributed by atoms with E-state index in [4.69, 9.17) is 0 Å². The molecule has 0 bridgehead atoms. The molecule has 0 aliphatic rings. The minimum Gasteiger partial charge on any atom is -0.322 e. The molecule has 0 aliphatic carbocycles. The average molecular weight is 324 g/mol. The SMILES string of the molecule is CCCc1cc(=O)n2[nH]c(-c3sccc3-n3cccc3)cc2n1. The van der Waals surface area contributed by atoms with Gasteiger partial charge in [0.05, 0.1) is 16.3 Å². The maximum absolute atomic E-state index is 12.3. The summed E-state index contributed by atoms with van der Waals surface area (Å²) in [5.74, 6) is 0. The third-order valence-electron chi connectivity index (χ3n) is 3.78. The second kappa shape index (κ2) is 5.55. The predicted molar refractivity (Wildman–Crippen MR) is 92.4 cm³/mol. The number of H-pyrrole nitrogens is 1. The van der Waals surface area contributed by atoms with Gasteiger partial charge in [-0.15, -0.1) is 11.3 Å². The molecule has 0 amide bonds. The number of nitrogens with zero attached hydrogens (tertiary/aromatic N) is 3. The van der Waals surface area contributed by atoms with Crippen LogP contribution in [-0.4, -0.2) is 19.2 Å².